The van der Waals surface area contributed by atoms with Crippen LogP contribution in [0.1, 0.15) is 72.9 Å². The van der Waals surface area contributed by atoms with Gasteiger partial charge >= 0.3 is 12.3 Å². The van der Waals surface area contributed by atoms with E-state index in [9.17, 15) is 22.8 Å². The van der Waals surface area contributed by atoms with Crippen molar-refractivity contribution in [2.45, 2.75) is 69.6 Å². The molecule has 2 fully saturated rings. The van der Waals surface area contributed by atoms with E-state index >= 15 is 0 Å². The second kappa shape index (κ2) is 11.7. The summed E-state index contributed by atoms with van der Waals surface area (Å²) in [6, 6.07) is 11.9. The molecule has 2 amide bonds. The van der Waals surface area contributed by atoms with Crippen molar-refractivity contribution in [3.8, 4) is 0 Å². The predicted octanol–water partition coefficient (Wildman–Crippen LogP) is 5.84. The molecule has 4 rings (SSSR count). The number of aliphatic imine (C=N–C) groups is 1. The zero-order chi connectivity index (χ0) is 26.4. The third kappa shape index (κ3) is 7.71. The maximum atomic E-state index is 12.9. The Bertz CT molecular complexity index is 1120. The molecule has 0 heterocycles. The number of guanidine groups is 1. The van der Waals surface area contributed by atoms with Crippen LogP contribution in [0.25, 0.3) is 0 Å². The number of nitrogens with one attached hydrogen (secondary N) is 3. The summed E-state index contributed by atoms with van der Waals surface area (Å²) in [6.07, 6.45) is 0.207. The molecule has 7 nitrogen and oxygen atoms in total. The van der Waals surface area contributed by atoms with Crippen LogP contribution in [0.4, 0.5) is 23.7 Å². The van der Waals surface area contributed by atoms with Crippen LogP contribution in [0.3, 0.4) is 0 Å². The van der Waals surface area contributed by atoms with E-state index in [-0.39, 0.29) is 23.6 Å². The highest BCUT2D eigenvalue weighted by Crippen LogP contribution is 2.40. The lowest BCUT2D eigenvalue weighted by atomic mass is 9.92. The quantitative estimate of drug-likeness (QED) is 0.332. The number of halogens is 3. The van der Waals surface area contributed by atoms with Crippen LogP contribution >= 0.6 is 0 Å². The van der Waals surface area contributed by atoms with Gasteiger partial charge in [-0.25, -0.2) is 9.79 Å². The van der Waals surface area contributed by atoms with Crippen LogP contribution in [0, 0.1) is 0 Å². The Morgan fingerprint density at radius 1 is 1.00 bits per heavy atom. The van der Waals surface area contributed by atoms with Gasteiger partial charge in [-0.05, 0) is 93.3 Å². The molecule has 37 heavy (non-hydrogen) atoms. The molecule has 0 saturated heterocycles. The van der Waals surface area contributed by atoms with Gasteiger partial charge in [-0.2, -0.15) is 13.2 Å². The lowest BCUT2D eigenvalue weighted by Gasteiger charge is -2.27. The zero-order valence-electron chi connectivity index (χ0n) is 20.6. The third-order valence-corrected chi connectivity index (χ3v) is 6.51. The number of ether oxygens (including phenoxy) is 1. The second-order valence-electron chi connectivity index (χ2n) is 9.40. The Balaban J connectivity index is 1.46. The molecule has 2 aromatic carbocycles. The Morgan fingerprint density at radius 2 is 1.70 bits per heavy atom. The Morgan fingerprint density at radius 3 is 2.32 bits per heavy atom. The number of rotatable bonds is 6. The summed E-state index contributed by atoms with van der Waals surface area (Å²) in [4.78, 5) is 29.3. The minimum absolute atomic E-state index is 0.00105. The van der Waals surface area contributed by atoms with E-state index in [1.165, 1.54) is 5.56 Å². The molecular formula is C27H31F3N4O3. The first-order chi connectivity index (χ1) is 17.7. The third-order valence-electron chi connectivity index (χ3n) is 6.51. The topological polar surface area (TPSA) is 91.8 Å². The van der Waals surface area contributed by atoms with Crippen LogP contribution in [0.15, 0.2) is 53.5 Å². The minimum atomic E-state index is -4.48. The fourth-order valence-corrected chi connectivity index (χ4v) is 4.38. The number of benzene rings is 2. The van der Waals surface area contributed by atoms with E-state index in [1.54, 1.807) is 6.92 Å². The molecule has 2 aromatic rings. The molecule has 10 heteroatoms. The molecular weight excluding hydrogens is 485 g/mol. The van der Waals surface area contributed by atoms with Crippen LogP contribution < -0.4 is 16.0 Å². The molecule has 0 radical (unpaired) electrons. The number of hydrogen-bond acceptors (Lipinski definition) is 4. The molecule has 0 aliphatic heterocycles. The molecule has 0 spiro atoms. The average molecular weight is 517 g/mol. The van der Waals surface area contributed by atoms with Gasteiger partial charge in [0.1, 0.15) is 0 Å². The maximum absolute atomic E-state index is 12.9. The molecule has 2 saturated carbocycles. The van der Waals surface area contributed by atoms with Crippen LogP contribution in [-0.2, 0) is 10.9 Å². The lowest BCUT2D eigenvalue weighted by Crippen LogP contribution is -2.40. The van der Waals surface area contributed by atoms with Crippen LogP contribution in [0.2, 0.25) is 0 Å². The second-order valence-corrected chi connectivity index (χ2v) is 9.40. The Hall–Kier alpha value is -3.56. The van der Waals surface area contributed by atoms with Crippen molar-refractivity contribution in [3.63, 3.8) is 0 Å². The number of anilines is 1. The first-order valence-corrected chi connectivity index (χ1v) is 12.6. The average Bonchev–Trinajstić information content (AvgIpc) is 3.71. The SMILES string of the molecule is CCOC(=O)NC1CCC(N=C(NC(=O)c2ccc(C(F)(F)F)cc2)Nc2cccc(C3CC3)c2)CC1. The summed E-state index contributed by atoms with van der Waals surface area (Å²) in [7, 11) is 0. The first kappa shape index (κ1) is 26.5. The predicted molar refractivity (Wildman–Crippen MR) is 135 cm³/mol. The van der Waals surface area contributed by atoms with Gasteiger partial charge in [-0.15, -0.1) is 0 Å². The Labute approximate surface area is 213 Å². The monoisotopic (exact) mass is 516 g/mol. The van der Waals surface area contributed by atoms with E-state index in [1.807, 2.05) is 18.2 Å². The van der Waals surface area contributed by atoms with Crippen molar-refractivity contribution in [1.82, 2.24) is 10.6 Å². The summed E-state index contributed by atoms with van der Waals surface area (Å²) in [5.74, 6) is 0.224. The smallest absolute Gasteiger partial charge is 0.416 e. The summed E-state index contributed by atoms with van der Waals surface area (Å²) in [5, 5.41) is 8.78. The van der Waals surface area contributed by atoms with Gasteiger partial charge in [-0.3, -0.25) is 10.1 Å². The summed E-state index contributed by atoms with van der Waals surface area (Å²) in [6.45, 7) is 2.06. The van der Waals surface area contributed by atoms with E-state index < -0.39 is 23.7 Å². The minimum Gasteiger partial charge on any atom is -0.450 e. The van der Waals surface area contributed by atoms with Gasteiger partial charge in [0.25, 0.3) is 5.91 Å². The van der Waals surface area contributed by atoms with Crippen LogP contribution in [0.5, 0.6) is 0 Å². The van der Waals surface area contributed by atoms with Crippen molar-refractivity contribution < 1.29 is 27.5 Å². The van der Waals surface area contributed by atoms with Crippen molar-refractivity contribution in [2.75, 3.05) is 11.9 Å². The standard InChI is InChI=1S/C27H31F3N4O3/c1-2-37-26(36)33-22-14-12-21(13-15-22)31-25(32-23-5-3-4-19(16-23)17-6-7-17)34-24(35)18-8-10-20(11-9-18)27(28,29)30/h3-5,8-11,16-17,21-22H,2,6-7,12-15H2,1H3,(H,33,36)(H2,31,32,34,35). The number of carbonyl (C=O) groups is 2. The molecule has 0 atom stereocenters. The Kier molecular flexibility index (Phi) is 8.35. The molecule has 2 aliphatic carbocycles. The van der Waals surface area contributed by atoms with Gasteiger partial charge in [0, 0.05) is 17.3 Å². The fourth-order valence-electron chi connectivity index (χ4n) is 4.38. The van der Waals surface area contributed by atoms with Gasteiger partial charge in [0.2, 0.25) is 5.96 Å². The summed E-state index contributed by atoms with van der Waals surface area (Å²) < 4.78 is 43.7. The molecule has 0 unspecified atom stereocenters. The number of nitrogens with zero attached hydrogens (tertiary/aromatic N) is 1. The normalized spacial score (nSPS) is 20.2. The van der Waals surface area contributed by atoms with Crippen molar-refractivity contribution in [1.29, 1.82) is 0 Å². The van der Waals surface area contributed by atoms with Crippen molar-refractivity contribution in [2.24, 2.45) is 4.99 Å². The highest BCUT2D eigenvalue weighted by molar-refractivity contribution is 6.10. The zero-order valence-corrected chi connectivity index (χ0v) is 20.6. The van der Waals surface area contributed by atoms with Gasteiger partial charge in [0.15, 0.2) is 0 Å². The molecule has 2 aliphatic rings. The molecule has 198 valence electrons. The largest absolute Gasteiger partial charge is 0.450 e. The highest BCUT2D eigenvalue weighted by Gasteiger charge is 2.30. The van der Waals surface area contributed by atoms with Gasteiger partial charge < -0.3 is 15.4 Å². The van der Waals surface area contributed by atoms with Crippen molar-refractivity contribution in [3.05, 3.63) is 65.2 Å². The number of carbonyl (C=O) groups excluding carboxylic acids is 2. The van der Waals surface area contributed by atoms with E-state index in [2.05, 4.69) is 22.0 Å². The number of alkyl carbamates (subject to hydrolysis) is 1. The van der Waals surface area contributed by atoms with E-state index in [0.29, 0.717) is 38.2 Å². The maximum Gasteiger partial charge on any atom is 0.416 e. The number of amides is 2. The fraction of sp³-hybridized carbons (Fsp3) is 0.444. The highest BCUT2D eigenvalue weighted by atomic mass is 19.4. The molecule has 0 bridgehead atoms. The lowest BCUT2D eigenvalue weighted by molar-refractivity contribution is -0.137. The number of alkyl halides is 3. The van der Waals surface area contributed by atoms with Gasteiger partial charge in [-0.1, -0.05) is 12.1 Å². The van der Waals surface area contributed by atoms with Gasteiger partial charge in [0.05, 0.1) is 18.2 Å². The van der Waals surface area contributed by atoms with E-state index in [0.717, 1.165) is 42.8 Å². The summed E-state index contributed by atoms with van der Waals surface area (Å²) >= 11 is 0. The van der Waals surface area contributed by atoms with E-state index in [4.69, 9.17) is 9.73 Å². The molecule has 3 N–H and O–H groups in total. The summed E-state index contributed by atoms with van der Waals surface area (Å²) in [5.41, 5.74) is 1.26. The number of hydrogen-bond donors (Lipinski definition) is 3. The first-order valence-electron chi connectivity index (χ1n) is 12.6. The molecule has 0 aromatic heterocycles. The van der Waals surface area contributed by atoms with Crippen molar-refractivity contribution >= 4 is 23.6 Å². The van der Waals surface area contributed by atoms with Crippen LogP contribution in [-0.4, -0.2) is 36.7 Å².